The summed E-state index contributed by atoms with van der Waals surface area (Å²) >= 11 is 5.92. The van der Waals surface area contributed by atoms with Gasteiger partial charge < -0.3 is 10.8 Å². The Morgan fingerprint density at radius 2 is 2.00 bits per heavy atom. The summed E-state index contributed by atoms with van der Waals surface area (Å²) in [5.74, 6) is -0.688. The van der Waals surface area contributed by atoms with Gasteiger partial charge in [0.25, 0.3) is 0 Å². The van der Waals surface area contributed by atoms with E-state index in [2.05, 4.69) is 0 Å². The molecule has 2 atom stereocenters. The maximum Gasteiger partial charge on any atom is 0.123 e. The average Bonchev–Trinajstić information content (AvgIpc) is 2.39. The Morgan fingerprint density at radius 3 is 2.60 bits per heavy atom. The summed E-state index contributed by atoms with van der Waals surface area (Å²) in [5.41, 5.74) is 8.10. The standard InChI is InChI=1S/C16H17ClFNO/c1-10-7-12(17)5-6-14(10)16(20)15(9-19)11-3-2-4-13(18)8-11/h2-8,15-16,20H,9,19H2,1H3. The van der Waals surface area contributed by atoms with Crippen molar-refractivity contribution in [2.45, 2.75) is 18.9 Å². The van der Waals surface area contributed by atoms with Crippen molar-refractivity contribution < 1.29 is 9.50 Å². The Balaban J connectivity index is 2.36. The molecule has 2 nitrogen and oxygen atoms in total. The third kappa shape index (κ3) is 3.18. The highest BCUT2D eigenvalue weighted by Gasteiger charge is 2.23. The van der Waals surface area contributed by atoms with Crippen LogP contribution >= 0.6 is 11.6 Å². The van der Waals surface area contributed by atoms with E-state index in [4.69, 9.17) is 17.3 Å². The summed E-state index contributed by atoms with van der Waals surface area (Å²) in [5, 5.41) is 11.2. The van der Waals surface area contributed by atoms with Crippen LogP contribution in [0.1, 0.15) is 28.7 Å². The maximum atomic E-state index is 13.3. The van der Waals surface area contributed by atoms with Gasteiger partial charge in [0.05, 0.1) is 6.10 Å². The molecule has 0 amide bonds. The summed E-state index contributed by atoms with van der Waals surface area (Å²) < 4.78 is 13.3. The van der Waals surface area contributed by atoms with Crippen LogP contribution in [-0.2, 0) is 0 Å². The van der Waals surface area contributed by atoms with Gasteiger partial charge in [-0.1, -0.05) is 29.8 Å². The first kappa shape index (κ1) is 15.0. The Bertz CT molecular complexity index is 603. The highest BCUT2D eigenvalue weighted by molar-refractivity contribution is 6.30. The summed E-state index contributed by atoms with van der Waals surface area (Å²) in [6.07, 6.45) is -0.793. The van der Waals surface area contributed by atoms with Crippen molar-refractivity contribution >= 4 is 11.6 Å². The van der Waals surface area contributed by atoms with Crippen molar-refractivity contribution in [2.24, 2.45) is 5.73 Å². The number of aryl methyl sites for hydroxylation is 1. The molecule has 0 saturated carbocycles. The van der Waals surface area contributed by atoms with Crippen LogP contribution in [0, 0.1) is 12.7 Å². The van der Waals surface area contributed by atoms with E-state index in [0.717, 1.165) is 11.1 Å². The quantitative estimate of drug-likeness (QED) is 0.905. The summed E-state index contributed by atoms with van der Waals surface area (Å²) in [4.78, 5) is 0. The molecule has 2 aromatic rings. The minimum atomic E-state index is -0.793. The lowest BCUT2D eigenvalue weighted by atomic mass is 9.87. The van der Waals surface area contributed by atoms with Crippen molar-refractivity contribution in [3.05, 3.63) is 70.0 Å². The molecule has 0 heterocycles. The molecule has 0 saturated heterocycles. The molecule has 0 aliphatic heterocycles. The van der Waals surface area contributed by atoms with Gasteiger partial charge in [-0.3, -0.25) is 0 Å². The van der Waals surface area contributed by atoms with Crippen LogP contribution in [0.2, 0.25) is 5.02 Å². The number of aliphatic hydroxyl groups excluding tert-OH is 1. The number of rotatable bonds is 4. The highest BCUT2D eigenvalue weighted by atomic mass is 35.5. The van der Waals surface area contributed by atoms with E-state index in [-0.39, 0.29) is 18.3 Å². The Labute approximate surface area is 123 Å². The van der Waals surface area contributed by atoms with Gasteiger partial charge in [0, 0.05) is 17.5 Å². The van der Waals surface area contributed by atoms with E-state index in [1.54, 1.807) is 30.3 Å². The fourth-order valence-corrected chi connectivity index (χ4v) is 2.60. The Hall–Kier alpha value is -1.42. The molecule has 20 heavy (non-hydrogen) atoms. The van der Waals surface area contributed by atoms with Gasteiger partial charge in [-0.15, -0.1) is 0 Å². The fourth-order valence-electron chi connectivity index (χ4n) is 2.37. The third-order valence-corrected chi connectivity index (χ3v) is 3.70. The molecule has 0 aliphatic rings. The van der Waals surface area contributed by atoms with Gasteiger partial charge in [-0.2, -0.15) is 0 Å². The molecule has 0 spiro atoms. The lowest BCUT2D eigenvalue weighted by molar-refractivity contribution is 0.146. The first-order valence-corrected chi connectivity index (χ1v) is 6.80. The number of nitrogens with two attached hydrogens (primary N) is 1. The minimum Gasteiger partial charge on any atom is -0.388 e. The predicted molar refractivity (Wildman–Crippen MR) is 79.3 cm³/mol. The van der Waals surface area contributed by atoms with Gasteiger partial charge in [0.1, 0.15) is 5.82 Å². The van der Waals surface area contributed by atoms with Gasteiger partial charge >= 0.3 is 0 Å². The molecular formula is C16H17ClFNO. The van der Waals surface area contributed by atoms with Crippen molar-refractivity contribution in [3.63, 3.8) is 0 Å². The SMILES string of the molecule is Cc1cc(Cl)ccc1C(O)C(CN)c1cccc(F)c1. The molecule has 0 bridgehead atoms. The van der Waals surface area contributed by atoms with Crippen molar-refractivity contribution in [2.75, 3.05) is 6.54 Å². The molecule has 0 aromatic heterocycles. The second-order valence-electron chi connectivity index (χ2n) is 4.84. The Kier molecular flexibility index (Phi) is 4.76. The molecule has 106 valence electrons. The third-order valence-electron chi connectivity index (χ3n) is 3.46. The molecule has 3 N–H and O–H groups in total. The fraction of sp³-hybridized carbons (Fsp3) is 0.250. The zero-order valence-corrected chi connectivity index (χ0v) is 11.9. The average molecular weight is 294 g/mol. The summed E-state index contributed by atoms with van der Waals surface area (Å²) in [7, 11) is 0. The summed E-state index contributed by atoms with van der Waals surface area (Å²) in [6, 6.07) is 11.5. The number of aliphatic hydroxyl groups is 1. The zero-order chi connectivity index (χ0) is 14.7. The largest absolute Gasteiger partial charge is 0.388 e. The number of halogens is 2. The highest BCUT2D eigenvalue weighted by Crippen LogP contribution is 2.33. The Morgan fingerprint density at radius 1 is 1.25 bits per heavy atom. The zero-order valence-electron chi connectivity index (χ0n) is 11.2. The van der Waals surface area contributed by atoms with Gasteiger partial charge in [-0.05, 0) is 47.9 Å². The lowest BCUT2D eigenvalue weighted by Gasteiger charge is -2.24. The van der Waals surface area contributed by atoms with Gasteiger partial charge in [0.15, 0.2) is 0 Å². The van der Waals surface area contributed by atoms with Crippen LogP contribution < -0.4 is 5.73 Å². The van der Waals surface area contributed by atoms with Crippen LogP contribution in [0.25, 0.3) is 0 Å². The number of hydrogen-bond donors (Lipinski definition) is 2. The monoisotopic (exact) mass is 293 g/mol. The smallest absolute Gasteiger partial charge is 0.123 e. The van der Waals surface area contributed by atoms with E-state index in [9.17, 15) is 9.50 Å². The number of hydrogen-bond acceptors (Lipinski definition) is 2. The predicted octanol–water partition coefficient (Wildman–Crippen LogP) is 3.56. The topological polar surface area (TPSA) is 46.2 Å². The van der Waals surface area contributed by atoms with Gasteiger partial charge in [0.2, 0.25) is 0 Å². The van der Waals surface area contributed by atoms with E-state index < -0.39 is 6.10 Å². The molecule has 2 unspecified atom stereocenters. The van der Waals surface area contributed by atoms with Gasteiger partial charge in [-0.25, -0.2) is 4.39 Å². The van der Waals surface area contributed by atoms with E-state index in [1.165, 1.54) is 12.1 Å². The summed E-state index contributed by atoms with van der Waals surface area (Å²) in [6.45, 7) is 2.11. The molecule has 2 aromatic carbocycles. The second kappa shape index (κ2) is 6.35. The van der Waals surface area contributed by atoms with Crippen LogP contribution in [-0.4, -0.2) is 11.7 Å². The molecule has 2 rings (SSSR count). The maximum absolute atomic E-state index is 13.3. The van der Waals surface area contributed by atoms with Crippen molar-refractivity contribution in [3.8, 4) is 0 Å². The van der Waals surface area contributed by atoms with Crippen LogP contribution in [0.3, 0.4) is 0 Å². The molecule has 0 radical (unpaired) electrons. The van der Waals surface area contributed by atoms with E-state index in [0.29, 0.717) is 10.6 Å². The first-order valence-electron chi connectivity index (χ1n) is 6.42. The van der Waals surface area contributed by atoms with Crippen LogP contribution in [0.15, 0.2) is 42.5 Å². The van der Waals surface area contributed by atoms with Crippen molar-refractivity contribution in [1.82, 2.24) is 0 Å². The minimum absolute atomic E-state index is 0.229. The van der Waals surface area contributed by atoms with E-state index in [1.807, 2.05) is 6.92 Å². The second-order valence-corrected chi connectivity index (χ2v) is 5.28. The molecule has 0 aliphatic carbocycles. The van der Waals surface area contributed by atoms with Crippen LogP contribution in [0.5, 0.6) is 0 Å². The lowest BCUT2D eigenvalue weighted by Crippen LogP contribution is -2.21. The molecule has 0 fully saturated rings. The normalized spacial score (nSPS) is 14.1. The number of benzene rings is 2. The van der Waals surface area contributed by atoms with Crippen LogP contribution in [0.4, 0.5) is 4.39 Å². The molecular weight excluding hydrogens is 277 g/mol. The van der Waals surface area contributed by atoms with Crippen molar-refractivity contribution in [1.29, 1.82) is 0 Å². The first-order chi connectivity index (χ1) is 9.52. The van der Waals surface area contributed by atoms with E-state index >= 15 is 0 Å². The molecule has 4 heteroatoms.